The standard InChI is InChI=1S/C12H18O5/c13-4-3-10-9-11(16-7-5-14)1-2-12(10)17-8-6-15/h1-2,9,13-15H,3-8H2. The van der Waals surface area contributed by atoms with Crippen LogP contribution in [-0.4, -0.2) is 48.4 Å². The van der Waals surface area contributed by atoms with Gasteiger partial charge in [-0.2, -0.15) is 0 Å². The van der Waals surface area contributed by atoms with Crippen LogP contribution in [-0.2, 0) is 6.42 Å². The summed E-state index contributed by atoms with van der Waals surface area (Å²) in [6.45, 7) is 0.364. The van der Waals surface area contributed by atoms with E-state index in [1.54, 1.807) is 18.2 Å². The Labute approximate surface area is 100 Å². The van der Waals surface area contributed by atoms with Crippen LogP contribution in [0.5, 0.6) is 11.5 Å². The molecule has 0 heterocycles. The topological polar surface area (TPSA) is 79.2 Å². The number of hydrogen-bond acceptors (Lipinski definition) is 5. The Morgan fingerprint density at radius 1 is 0.882 bits per heavy atom. The van der Waals surface area contributed by atoms with Crippen molar-refractivity contribution in [1.82, 2.24) is 0 Å². The molecule has 1 rings (SSSR count). The average molecular weight is 242 g/mol. The Kier molecular flexibility index (Phi) is 6.39. The zero-order valence-corrected chi connectivity index (χ0v) is 9.63. The molecule has 0 aliphatic carbocycles. The van der Waals surface area contributed by atoms with Crippen molar-refractivity contribution in [1.29, 1.82) is 0 Å². The summed E-state index contributed by atoms with van der Waals surface area (Å²) in [5.41, 5.74) is 0.816. The zero-order chi connectivity index (χ0) is 12.5. The summed E-state index contributed by atoms with van der Waals surface area (Å²) in [7, 11) is 0. The van der Waals surface area contributed by atoms with Crippen LogP contribution in [0.3, 0.4) is 0 Å². The minimum Gasteiger partial charge on any atom is -0.491 e. The maximum absolute atomic E-state index is 8.95. The summed E-state index contributed by atoms with van der Waals surface area (Å²) in [5.74, 6) is 1.25. The van der Waals surface area contributed by atoms with Crippen molar-refractivity contribution in [3.05, 3.63) is 23.8 Å². The minimum absolute atomic E-state index is 0.0128. The third-order valence-electron chi connectivity index (χ3n) is 2.12. The Balaban J connectivity index is 2.75. The lowest BCUT2D eigenvalue weighted by Crippen LogP contribution is -2.06. The van der Waals surface area contributed by atoms with Crippen LogP contribution in [0.25, 0.3) is 0 Å². The smallest absolute Gasteiger partial charge is 0.122 e. The van der Waals surface area contributed by atoms with E-state index in [0.29, 0.717) is 17.9 Å². The third-order valence-corrected chi connectivity index (χ3v) is 2.12. The van der Waals surface area contributed by atoms with E-state index >= 15 is 0 Å². The molecule has 0 saturated heterocycles. The third kappa shape index (κ3) is 4.60. The van der Waals surface area contributed by atoms with Crippen LogP contribution in [0.2, 0.25) is 0 Å². The summed E-state index contributed by atoms with van der Waals surface area (Å²) in [4.78, 5) is 0. The number of ether oxygens (including phenoxy) is 2. The molecular formula is C12H18O5. The lowest BCUT2D eigenvalue weighted by atomic mass is 10.1. The van der Waals surface area contributed by atoms with E-state index in [-0.39, 0.29) is 33.0 Å². The SMILES string of the molecule is OCCOc1ccc(OCCO)c(CCO)c1. The van der Waals surface area contributed by atoms with Gasteiger partial charge in [-0.3, -0.25) is 0 Å². The Bertz CT molecular complexity index is 327. The molecule has 0 bridgehead atoms. The Morgan fingerprint density at radius 2 is 1.59 bits per heavy atom. The van der Waals surface area contributed by atoms with Gasteiger partial charge in [0.25, 0.3) is 0 Å². The highest BCUT2D eigenvalue weighted by atomic mass is 16.5. The molecular weight excluding hydrogens is 224 g/mol. The van der Waals surface area contributed by atoms with Gasteiger partial charge in [0.05, 0.1) is 13.2 Å². The fraction of sp³-hybridized carbons (Fsp3) is 0.500. The van der Waals surface area contributed by atoms with Crippen LogP contribution >= 0.6 is 0 Å². The Hall–Kier alpha value is -1.30. The maximum atomic E-state index is 8.95. The molecule has 0 fully saturated rings. The average Bonchev–Trinajstić information content (AvgIpc) is 2.35. The number of rotatable bonds is 8. The van der Waals surface area contributed by atoms with E-state index in [4.69, 9.17) is 24.8 Å². The van der Waals surface area contributed by atoms with Crippen molar-refractivity contribution in [3.63, 3.8) is 0 Å². The van der Waals surface area contributed by atoms with Crippen molar-refractivity contribution in [2.24, 2.45) is 0 Å². The van der Waals surface area contributed by atoms with E-state index in [1.807, 2.05) is 0 Å². The molecule has 0 aromatic heterocycles. The number of aliphatic hydroxyl groups is 3. The first-order valence-corrected chi connectivity index (χ1v) is 5.53. The molecule has 0 amide bonds. The van der Waals surface area contributed by atoms with Gasteiger partial charge in [0.1, 0.15) is 24.7 Å². The molecule has 1 aromatic carbocycles. The number of hydrogen-bond donors (Lipinski definition) is 3. The second-order valence-electron chi connectivity index (χ2n) is 3.39. The predicted octanol–water partition coefficient (Wildman–Crippen LogP) is -0.0364. The summed E-state index contributed by atoms with van der Waals surface area (Å²) >= 11 is 0. The van der Waals surface area contributed by atoms with Crippen molar-refractivity contribution < 1.29 is 24.8 Å². The lowest BCUT2D eigenvalue weighted by molar-refractivity contribution is 0.196. The molecule has 0 unspecified atom stereocenters. The van der Waals surface area contributed by atoms with Crippen molar-refractivity contribution in [3.8, 4) is 11.5 Å². The van der Waals surface area contributed by atoms with Crippen molar-refractivity contribution in [2.45, 2.75) is 6.42 Å². The molecule has 1 aromatic rings. The van der Waals surface area contributed by atoms with Crippen molar-refractivity contribution >= 4 is 0 Å². The van der Waals surface area contributed by atoms with Gasteiger partial charge in [-0.15, -0.1) is 0 Å². The summed E-state index contributed by atoms with van der Waals surface area (Å²) < 4.78 is 10.6. The second kappa shape index (κ2) is 7.89. The molecule has 0 aliphatic rings. The molecule has 0 spiro atoms. The zero-order valence-electron chi connectivity index (χ0n) is 9.63. The Morgan fingerprint density at radius 3 is 2.24 bits per heavy atom. The van der Waals surface area contributed by atoms with Gasteiger partial charge in [-0.1, -0.05) is 0 Å². The van der Waals surface area contributed by atoms with Crippen LogP contribution in [0, 0.1) is 0 Å². The summed E-state index contributed by atoms with van der Waals surface area (Å²) in [6, 6.07) is 5.22. The van der Waals surface area contributed by atoms with Crippen LogP contribution in [0.1, 0.15) is 5.56 Å². The maximum Gasteiger partial charge on any atom is 0.122 e. The highest BCUT2D eigenvalue weighted by Crippen LogP contribution is 2.24. The predicted molar refractivity (Wildman–Crippen MR) is 62.4 cm³/mol. The molecule has 0 aliphatic heterocycles. The van der Waals surface area contributed by atoms with Gasteiger partial charge in [0, 0.05) is 12.2 Å². The lowest BCUT2D eigenvalue weighted by Gasteiger charge is -2.12. The van der Waals surface area contributed by atoms with Crippen LogP contribution < -0.4 is 9.47 Å². The fourth-order valence-corrected chi connectivity index (χ4v) is 1.42. The van der Waals surface area contributed by atoms with E-state index in [9.17, 15) is 0 Å². The van der Waals surface area contributed by atoms with Crippen LogP contribution in [0.15, 0.2) is 18.2 Å². The monoisotopic (exact) mass is 242 g/mol. The molecule has 0 radical (unpaired) electrons. The van der Waals surface area contributed by atoms with E-state index in [1.165, 1.54) is 0 Å². The largest absolute Gasteiger partial charge is 0.491 e. The quantitative estimate of drug-likeness (QED) is 0.596. The molecule has 5 nitrogen and oxygen atoms in total. The van der Waals surface area contributed by atoms with Crippen molar-refractivity contribution in [2.75, 3.05) is 33.0 Å². The van der Waals surface area contributed by atoms with E-state index < -0.39 is 0 Å². The summed E-state index contributed by atoms with van der Waals surface area (Å²) in [6.07, 6.45) is 0.455. The molecule has 0 saturated carbocycles. The first-order valence-electron chi connectivity index (χ1n) is 5.53. The second-order valence-corrected chi connectivity index (χ2v) is 3.39. The fourth-order valence-electron chi connectivity index (χ4n) is 1.42. The van der Waals surface area contributed by atoms with Gasteiger partial charge in [0.15, 0.2) is 0 Å². The molecule has 17 heavy (non-hydrogen) atoms. The first-order chi connectivity index (χ1) is 8.31. The van der Waals surface area contributed by atoms with Gasteiger partial charge in [-0.05, 0) is 24.6 Å². The van der Waals surface area contributed by atoms with Crippen LogP contribution in [0.4, 0.5) is 0 Å². The molecule has 0 atom stereocenters. The van der Waals surface area contributed by atoms with Gasteiger partial charge in [-0.25, -0.2) is 0 Å². The highest BCUT2D eigenvalue weighted by molar-refractivity contribution is 5.40. The van der Waals surface area contributed by atoms with Gasteiger partial charge in [0.2, 0.25) is 0 Å². The molecule has 3 N–H and O–H groups in total. The number of benzene rings is 1. The van der Waals surface area contributed by atoms with E-state index in [2.05, 4.69) is 0 Å². The molecule has 96 valence electrons. The highest BCUT2D eigenvalue weighted by Gasteiger charge is 2.05. The first kappa shape index (κ1) is 13.8. The van der Waals surface area contributed by atoms with Gasteiger partial charge < -0.3 is 24.8 Å². The van der Waals surface area contributed by atoms with E-state index in [0.717, 1.165) is 5.56 Å². The van der Waals surface area contributed by atoms with Gasteiger partial charge >= 0.3 is 0 Å². The minimum atomic E-state index is -0.0542. The normalized spacial score (nSPS) is 10.3. The summed E-state index contributed by atoms with van der Waals surface area (Å²) in [5, 5.41) is 26.3. The molecule has 5 heteroatoms. The number of aliphatic hydroxyl groups excluding tert-OH is 3.